The molecule has 0 radical (unpaired) electrons. The zero-order chi connectivity index (χ0) is 16.0. The minimum Gasteiger partial charge on any atom is -0.462 e. The molecule has 1 fully saturated rings. The van der Waals surface area contributed by atoms with E-state index in [0.717, 1.165) is 25.2 Å². The van der Waals surface area contributed by atoms with Gasteiger partial charge in [-0.15, -0.1) is 0 Å². The van der Waals surface area contributed by atoms with E-state index < -0.39 is 0 Å². The molecule has 0 aromatic rings. The second-order valence-corrected chi connectivity index (χ2v) is 7.15. The van der Waals surface area contributed by atoms with Crippen LogP contribution < -0.4 is 0 Å². The first-order valence-corrected chi connectivity index (χ1v) is 9.95. The van der Waals surface area contributed by atoms with Crippen LogP contribution in [0.25, 0.3) is 0 Å². The van der Waals surface area contributed by atoms with E-state index in [1.807, 2.05) is 0 Å². The van der Waals surface area contributed by atoms with Gasteiger partial charge in [0.25, 0.3) is 0 Å². The predicted molar refractivity (Wildman–Crippen MR) is 94.0 cm³/mol. The van der Waals surface area contributed by atoms with Crippen molar-refractivity contribution < 1.29 is 9.53 Å². The average molecular weight is 311 g/mol. The smallest absolute Gasteiger partial charge is 0.306 e. The molecule has 0 N–H and O–H groups in total. The molecule has 2 heteroatoms. The number of rotatable bonds is 12. The first kappa shape index (κ1) is 19.5. The van der Waals surface area contributed by atoms with Crippen molar-refractivity contribution in [2.75, 3.05) is 0 Å². The fraction of sp³-hybridized carbons (Fsp3) is 0.950. The van der Waals surface area contributed by atoms with Crippen molar-refractivity contribution in [3.63, 3.8) is 0 Å². The highest BCUT2D eigenvalue weighted by Gasteiger charge is 2.23. The van der Waals surface area contributed by atoms with Crippen LogP contribution in [0, 0.1) is 5.92 Å². The maximum atomic E-state index is 11.9. The molecule has 2 nitrogen and oxygen atoms in total. The molecule has 0 bridgehead atoms. The molecule has 0 amide bonds. The summed E-state index contributed by atoms with van der Waals surface area (Å²) >= 11 is 0. The molecular formula is C20H38O2. The minimum absolute atomic E-state index is 0.0462. The van der Waals surface area contributed by atoms with E-state index in [0.29, 0.717) is 6.42 Å². The topological polar surface area (TPSA) is 26.3 Å². The summed E-state index contributed by atoms with van der Waals surface area (Å²) in [7, 11) is 0. The number of carbonyl (C=O) groups excluding carboxylic acids is 1. The lowest BCUT2D eigenvalue weighted by molar-refractivity contribution is -0.151. The first-order chi connectivity index (χ1) is 10.8. The number of carbonyl (C=O) groups is 1. The largest absolute Gasteiger partial charge is 0.462 e. The maximum Gasteiger partial charge on any atom is 0.306 e. The number of hydrogen-bond donors (Lipinski definition) is 0. The second-order valence-electron chi connectivity index (χ2n) is 7.15. The third-order valence-corrected chi connectivity index (χ3v) is 5.04. The predicted octanol–water partition coefficient (Wildman–Crippen LogP) is 6.42. The molecule has 0 heterocycles. The van der Waals surface area contributed by atoms with Crippen LogP contribution in [0.4, 0.5) is 0 Å². The van der Waals surface area contributed by atoms with Crippen LogP contribution in [0.1, 0.15) is 110 Å². The fourth-order valence-corrected chi connectivity index (χ4v) is 3.52. The Morgan fingerprint density at radius 1 is 0.818 bits per heavy atom. The molecule has 1 aliphatic carbocycles. The van der Waals surface area contributed by atoms with Crippen molar-refractivity contribution >= 4 is 5.97 Å². The van der Waals surface area contributed by atoms with Crippen LogP contribution in [0.2, 0.25) is 0 Å². The van der Waals surface area contributed by atoms with Crippen molar-refractivity contribution in [2.24, 2.45) is 5.92 Å². The van der Waals surface area contributed by atoms with Gasteiger partial charge in [-0.25, -0.2) is 0 Å². The van der Waals surface area contributed by atoms with Gasteiger partial charge in [-0.05, 0) is 38.0 Å². The number of hydrogen-bond acceptors (Lipinski definition) is 2. The van der Waals surface area contributed by atoms with Gasteiger partial charge in [0.15, 0.2) is 0 Å². The molecule has 1 saturated carbocycles. The normalized spacial score (nSPS) is 21.7. The second kappa shape index (κ2) is 13.0. The zero-order valence-corrected chi connectivity index (χ0v) is 15.1. The van der Waals surface area contributed by atoms with Gasteiger partial charge in [0, 0.05) is 6.42 Å². The molecule has 0 atom stereocenters. The third-order valence-electron chi connectivity index (χ3n) is 5.04. The Morgan fingerprint density at radius 2 is 1.41 bits per heavy atom. The highest BCUT2D eigenvalue weighted by molar-refractivity contribution is 5.69. The molecule has 1 rings (SSSR count). The molecule has 0 aromatic carbocycles. The number of ether oxygens (including phenoxy) is 1. The average Bonchev–Trinajstić information content (AvgIpc) is 2.53. The third kappa shape index (κ3) is 9.48. The highest BCUT2D eigenvalue weighted by atomic mass is 16.5. The lowest BCUT2D eigenvalue weighted by Gasteiger charge is -2.28. The van der Waals surface area contributed by atoms with Crippen LogP contribution in [-0.4, -0.2) is 12.1 Å². The van der Waals surface area contributed by atoms with Gasteiger partial charge < -0.3 is 4.74 Å². The lowest BCUT2D eigenvalue weighted by atomic mass is 9.84. The van der Waals surface area contributed by atoms with Crippen LogP contribution in [0.15, 0.2) is 0 Å². The zero-order valence-electron chi connectivity index (χ0n) is 15.1. The van der Waals surface area contributed by atoms with E-state index >= 15 is 0 Å². The molecule has 1 aliphatic rings. The van der Waals surface area contributed by atoms with Crippen molar-refractivity contribution in [3.05, 3.63) is 0 Å². The SMILES string of the molecule is CCCCCCCCC(=O)OC1CCC(CCCCC)CC1. The van der Waals surface area contributed by atoms with Crippen molar-refractivity contribution in [3.8, 4) is 0 Å². The van der Waals surface area contributed by atoms with E-state index in [4.69, 9.17) is 4.74 Å². The van der Waals surface area contributed by atoms with E-state index in [9.17, 15) is 4.79 Å². The molecule has 0 aliphatic heterocycles. The van der Waals surface area contributed by atoms with Crippen molar-refractivity contribution in [1.29, 1.82) is 0 Å². The van der Waals surface area contributed by atoms with Crippen molar-refractivity contribution in [2.45, 2.75) is 116 Å². The van der Waals surface area contributed by atoms with Gasteiger partial charge in [0.2, 0.25) is 0 Å². The minimum atomic E-state index is 0.0462. The van der Waals surface area contributed by atoms with E-state index in [2.05, 4.69) is 13.8 Å². The molecule has 0 aromatic heterocycles. The standard InChI is InChI=1S/C20H38O2/c1-3-5-7-8-9-11-13-20(21)22-19-16-14-18(15-17-19)12-10-6-4-2/h18-19H,3-17H2,1-2H3. The van der Waals surface area contributed by atoms with Gasteiger partial charge in [-0.3, -0.25) is 4.79 Å². The summed E-state index contributed by atoms with van der Waals surface area (Å²) in [5.41, 5.74) is 0. The van der Waals surface area contributed by atoms with E-state index in [1.54, 1.807) is 0 Å². The quantitative estimate of drug-likeness (QED) is 0.307. The highest BCUT2D eigenvalue weighted by Crippen LogP contribution is 2.30. The summed E-state index contributed by atoms with van der Waals surface area (Å²) in [4.78, 5) is 11.9. The fourth-order valence-electron chi connectivity index (χ4n) is 3.52. The Labute approximate surface area is 138 Å². The Bertz CT molecular complexity index is 267. The van der Waals surface area contributed by atoms with E-state index in [1.165, 1.54) is 70.6 Å². The van der Waals surface area contributed by atoms with Gasteiger partial charge >= 0.3 is 5.97 Å². The van der Waals surface area contributed by atoms with Crippen LogP contribution in [0.5, 0.6) is 0 Å². The van der Waals surface area contributed by atoms with E-state index in [-0.39, 0.29) is 12.1 Å². The number of esters is 1. The Kier molecular flexibility index (Phi) is 11.5. The summed E-state index contributed by atoms with van der Waals surface area (Å²) < 4.78 is 5.65. The summed E-state index contributed by atoms with van der Waals surface area (Å²) in [6.07, 6.45) is 18.4. The molecule has 0 spiro atoms. The lowest BCUT2D eigenvalue weighted by Crippen LogP contribution is -2.24. The summed E-state index contributed by atoms with van der Waals surface area (Å²) in [6.45, 7) is 4.50. The first-order valence-electron chi connectivity index (χ1n) is 9.95. The molecule has 0 unspecified atom stereocenters. The maximum absolute atomic E-state index is 11.9. The van der Waals surface area contributed by atoms with Gasteiger partial charge in [0.1, 0.15) is 6.10 Å². The summed E-state index contributed by atoms with van der Waals surface area (Å²) in [5.74, 6) is 0.935. The number of unbranched alkanes of at least 4 members (excludes halogenated alkanes) is 7. The van der Waals surface area contributed by atoms with Gasteiger partial charge in [-0.1, -0.05) is 71.6 Å². The monoisotopic (exact) mass is 310 g/mol. The molecular weight excluding hydrogens is 272 g/mol. The van der Waals surface area contributed by atoms with Gasteiger partial charge in [0.05, 0.1) is 0 Å². The Balaban J connectivity index is 1.99. The Hall–Kier alpha value is -0.530. The Morgan fingerprint density at radius 3 is 2.09 bits per heavy atom. The molecule has 0 saturated heterocycles. The summed E-state index contributed by atoms with van der Waals surface area (Å²) in [5, 5.41) is 0. The van der Waals surface area contributed by atoms with Crippen LogP contribution in [-0.2, 0) is 9.53 Å². The van der Waals surface area contributed by atoms with Crippen LogP contribution >= 0.6 is 0 Å². The van der Waals surface area contributed by atoms with Crippen molar-refractivity contribution in [1.82, 2.24) is 0 Å². The van der Waals surface area contributed by atoms with Gasteiger partial charge in [-0.2, -0.15) is 0 Å². The van der Waals surface area contributed by atoms with Crippen LogP contribution in [0.3, 0.4) is 0 Å². The molecule has 130 valence electrons. The summed E-state index contributed by atoms with van der Waals surface area (Å²) in [6, 6.07) is 0. The molecule has 22 heavy (non-hydrogen) atoms.